The third-order valence-corrected chi connectivity index (χ3v) is 4.51. The Labute approximate surface area is 106 Å². The molecule has 2 saturated carbocycles. The predicted molar refractivity (Wildman–Crippen MR) is 67.9 cm³/mol. The van der Waals surface area contributed by atoms with E-state index in [1.807, 2.05) is 0 Å². The quantitative estimate of drug-likeness (QED) is 0.866. The zero-order chi connectivity index (χ0) is 12.0. The summed E-state index contributed by atoms with van der Waals surface area (Å²) in [7, 11) is 0. The van der Waals surface area contributed by atoms with Gasteiger partial charge < -0.3 is 5.32 Å². The van der Waals surface area contributed by atoms with Gasteiger partial charge in [0.25, 0.3) is 0 Å². The SMILES string of the molecule is CC1CC1(CNC1CC1)c1c(F)cccc1Cl. The number of nitrogens with one attached hydrogen (secondary N) is 1. The van der Waals surface area contributed by atoms with Crippen LogP contribution in [0.3, 0.4) is 0 Å². The van der Waals surface area contributed by atoms with Gasteiger partial charge >= 0.3 is 0 Å². The molecule has 0 spiro atoms. The maximum Gasteiger partial charge on any atom is 0.128 e. The van der Waals surface area contributed by atoms with Gasteiger partial charge in [0.05, 0.1) is 0 Å². The van der Waals surface area contributed by atoms with E-state index in [2.05, 4.69) is 12.2 Å². The van der Waals surface area contributed by atoms with Gasteiger partial charge in [0.1, 0.15) is 5.82 Å². The molecule has 2 fully saturated rings. The van der Waals surface area contributed by atoms with Gasteiger partial charge in [-0.1, -0.05) is 24.6 Å². The lowest BCUT2D eigenvalue weighted by Gasteiger charge is -2.20. The highest BCUT2D eigenvalue weighted by Gasteiger charge is 2.54. The maximum absolute atomic E-state index is 14.0. The summed E-state index contributed by atoms with van der Waals surface area (Å²) in [5.41, 5.74) is 0.660. The minimum absolute atomic E-state index is 0.0645. The molecule has 1 nitrogen and oxygen atoms in total. The first kappa shape index (κ1) is 11.5. The van der Waals surface area contributed by atoms with Crippen molar-refractivity contribution in [2.45, 2.75) is 37.6 Å². The van der Waals surface area contributed by atoms with Crippen LogP contribution in [0, 0.1) is 11.7 Å². The second-order valence-electron chi connectivity index (χ2n) is 5.51. The summed E-state index contributed by atoms with van der Waals surface area (Å²) in [4.78, 5) is 0. The second kappa shape index (κ2) is 3.96. The van der Waals surface area contributed by atoms with Crippen molar-refractivity contribution < 1.29 is 4.39 Å². The molecular weight excluding hydrogens is 237 g/mol. The zero-order valence-electron chi connectivity index (χ0n) is 9.97. The number of benzene rings is 1. The Kier molecular flexibility index (Phi) is 2.68. The van der Waals surface area contributed by atoms with Crippen molar-refractivity contribution in [3.05, 3.63) is 34.6 Å². The molecule has 3 heteroatoms. The van der Waals surface area contributed by atoms with Crippen molar-refractivity contribution in [2.75, 3.05) is 6.54 Å². The molecule has 2 unspecified atom stereocenters. The van der Waals surface area contributed by atoms with Crippen LogP contribution in [0.5, 0.6) is 0 Å². The zero-order valence-corrected chi connectivity index (χ0v) is 10.7. The van der Waals surface area contributed by atoms with Crippen molar-refractivity contribution >= 4 is 11.6 Å². The van der Waals surface area contributed by atoms with E-state index in [0.29, 0.717) is 17.0 Å². The summed E-state index contributed by atoms with van der Waals surface area (Å²) in [6.07, 6.45) is 3.55. The normalized spacial score (nSPS) is 31.6. The van der Waals surface area contributed by atoms with Crippen LogP contribution in [0.4, 0.5) is 4.39 Å². The van der Waals surface area contributed by atoms with Crippen LogP contribution in [0.15, 0.2) is 18.2 Å². The summed E-state index contributed by atoms with van der Waals surface area (Å²) in [6.45, 7) is 3.04. The van der Waals surface area contributed by atoms with Crippen LogP contribution in [0.1, 0.15) is 31.7 Å². The minimum Gasteiger partial charge on any atom is -0.313 e. The molecule has 2 aliphatic rings. The van der Waals surface area contributed by atoms with Crippen LogP contribution < -0.4 is 5.32 Å². The number of rotatable bonds is 4. The van der Waals surface area contributed by atoms with Gasteiger partial charge in [-0.15, -0.1) is 0 Å². The molecule has 92 valence electrons. The molecule has 17 heavy (non-hydrogen) atoms. The fourth-order valence-electron chi connectivity index (χ4n) is 2.76. The summed E-state index contributed by atoms with van der Waals surface area (Å²) in [5, 5.41) is 4.09. The first-order valence-corrected chi connectivity index (χ1v) is 6.69. The second-order valence-corrected chi connectivity index (χ2v) is 5.92. The molecule has 1 N–H and O–H groups in total. The summed E-state index contributed by atoms with van der Waals surface area (Å²) in [6, 6.07) is 5.65. The van der Waals surface area contributed by atoms with Crippen molar-refractivity contribution in [3.8, 4) is 0 Å². The van der Waals surface area contributed by atoms with Crippen LogP contribution in [-0.2, 0) is 5.41 Å². The molecule has 0 aromatic heterocycles. The molecule has 0 bridgehead atoms. The highest BCUT2D eigenvalue weighted by molar-refractivity contribution is 6.31. The first-order chi connectivity index (χ1) is 8.13. The van der Waals surface area contributed by atoms with Gasteiger partial charge in [0.2, 0.25) is 0 Å². The van der Waals surface area contributed by atoms with Gasteiger partial charge in [-0.05, 0) is 37.3 Å². The lowest BCUT2D eigenvalue weighted by molar-refractivity contribution is 0.506. The van der Waals surface area contributed by atoms with Crippen LogP contribution in [0.2, 0.25) is 5.02 Å². The van der Waals surface area contributed by atoms with Gasteiger partial charge in [-0.25, -0.2) is 4.39 Å². The van der Waals surface area contributed by atoms with Crippen molar-refractivity contribution in [2.24, 2.45) is 5.92 Å². The van der Waals surface area contributed by atoms with E-state index in [1.54, 1.807) is 12.1 Å². The first-order valence-electron chi connectivity index (χ1n) is 6.31. The Morgan fingerprint density at radius 1 is 1.47 bits per heavy atom. The van der Waals surface area contributed by atoms with Gasteiger partial charge in [0.15, 0.2) is 0 Å². The lowest BCUT2D eigenvalue weighted by Crippen LogP contribution is -2.30. The van der Waals surface area contributed by atoms with Crippen molar-refractivity contribution in [1.82, 2.24) is 5.32 Å². The van der Waals surface area contributed by atoms with Crippen molar-refractivity contribution in [1.29, 1.82) is 0 Å². The summed E-state index contributed by atoms with van der Waals surface area (Å²) >= 11 is 6.18. The smallest absolute Gasteiger partial charge is 0.128 e. The Hall–Kier alpha value is -0.600. The average Bonchev–Trinajstić information content (AvgIpc) is 3.14. The molecule has 0 aliphatic heterocycles. The molecule has 0 heterocycles. The van der Waals surface area contributed by atoms with Crippen LogP contribution in [-0.4, -0.2) is 12.6 Å². The number of hydrogen-bond donors (Lipinski definition) is 1. The van der Waals surface area contributed by atoms with Gasteiger partial charge in [0, 0.05) is 28.6 Å². The molecule has 1 aromatic rings. The van der Waals surface area contributed by atoms with E-state index in [9.17, 15) is 4.39 Å². The molecule has 3 rings (SSSR count). The Morgan fingerprint density at radius 3 is 2.71 bits per heavy atom. The molecule has 0 saturated heterocycles. The summed E-state index contributed by atoms with van der Waals surface area (Å²) < 4.78 is 14.0. The fourth-order valence-corrected chi connectivity index (χ4v) is 3.11. The Balaban J connectivity index is 1.88. The van der Waals surface area contributed by atoms with Gasteiger partial charge in [-0.3, -0.25) is 0 Å². The Bertz CT molecular complexity index is 424. The van der Waals surface area contributed by atoms with Crippen LogP contribution in [0.25, 0.3) is 0 Å². The lowest BCUT2D eigenvalue weighted by atomic mass is 9.92. The molecular formula is C14H17ClFN. The summed E-state index contributed by atoms with van der Waals surface area (Å²) in [5.74, 6) is 0.364. The standard InChI is InChI=1S/C14H17ClFN/c1-9-7-14(9,8-17-10-5-6-10)13-11(15)3-2-4-12(13)16/h2-4,9-10,17H,5-8H2,1H3. The molecule has 2 aliphatic carbocycles. The van der Waals surface area contributed by atoms with E-state index < -0.39 is 0 Å². The van der Waals surface area contributed by atoms with E-state index in [4.69, 9.17) is 11.6 Å². The topological polar surface area (TPSA) is 12.0 Å². The maximum atomic E-state index is 14.0. The third kappa shape index (κ3) is 1.98. The van der Waals surface area contributed by atoms with E-state index in [0.717, 1.165) is 18.5 Å². The van der Waals surface area contributed by atoms with E-state index in [1.165, 1.54) is 18.9 Å². The molecule has 0 amide bonds. The largest absolute Gasteiger partial charge is 0.313 e. The number of halogens is 2. The average molecular weight is 254 g/mol. The van der Waals surface area contributed by atoms with Crippen molar-refractivity contribution in [3.63, 3.8) is 0 Å². The molecule has 2 atom stereocenters. The predicted octanol–water partition coefficient (Wildman–Crippen LogP) is 3.51. The highest BCUT2D eigenvalue weighted by Crippen LogP contribution is 2.56. The highest BCUT2D eigenvalue weighted by atomic mass is 35.5. The fraction of sp³-hybridized carbons (Fsp3) is 0.571. The monoisotopic (exact) mass is 253 g/mol. The van der Waals surface area contributed by atoms with E-state index >= 15 is 0 Å². The van der Waals surface area contributed by atoms with Crippen LogP contribution >= 0.6 is 11.6 Å². The Morgan fingerprint density at radius 2 is 2.18 bits per heavy atom. The van der Waals surface area contributed by atoms with Gasteiger partial charge in [-0.2, -0.15) is 0 Å². The van der Waals surface area contributed by atoms with E-state index in [-0.39, 0.29) is 11.2 Å². The third-order valence-electron chi connectivity index (χ3n) is 4.20. The minimum atomic E-state index is -0.153. The molecule has 0 radical (unpaired) electrons. The number of hydrogen-bond acceptors (Lipinski definition) is 1. The molecule has 1 aromatic carbocycles.